The molecule has 0 spiro atoms. The molecule has 0 atom stereocenters. The fourth-order valence-corrected chi connectivity index (χ4v) is 1.67. The molecular formula is C11H10BrNO. The van der Waals surface area contributed by atoms with E-state index in [1.54, 1.807) is 7.11 Å². The van der Waals surface area contributed by atoms with Gasteiger partial charge in [0.1, 0.15) is 5.75 Å². The fourth-order valence-electron chi connectivity index (χ4n) is 1.37. The van der Waals surface area contributed by atoms with Crippen LogP contribution in [0.15, 0.2) is 30.5 Å². The zero-order valence-electron chi connectivity index (χ0n) is 7.83. The van der Waals surface area contributed by atoms with E-state index in [0.717, 1.165) is 22.2 Å². The van der Waals surface area contributed by atoms with E-state index in [1.165, 1.54) is 5.39 Å². The average molecular weight is 252 g/mol. The molecule has 0 radical (unpaired) electrons. The number of rotatable bonds is 2. The van der Waals surface area contributed by atoms with Gasteiger partial charge in [-0.3, -0.25) is 4.98 Å². The molecule has 1 aromatic carbocycles. The van der Waals surface area contributed by atoms with Crippen molar-refractivity contribution in [2.75, 3.05) is 7.11 Å². The largest absolute Gasteiger partial charge is 0.497 e. The highest BCUT2D eigenvalue weighted by atomic mass is 79.9. The molecule has 0 bridgehead atoms. The lowest BCUT2D eigenvalue weighted by Crippen LogP contribution is -1.86. The Hall–Kier alpha value is -1.09. The molecule has 72 valence electrons. The highest BCUT2D eigenvalue weighted by Gasteiger charge is 1.98. The highest BCUT2D eigenvalue weighted by molar-refractivity contribution is 9.08. The number of benzene rings is 1. The zero-order chi connectivity index (χ0) is 9.97. The highest BCUT2D eigenvalue weighted by Crippen LogP contribution is 2.20. The predicted molar refractivity (Wildman–Crippen MR) is 60.9 cm³/mol. The minimum atomic E-state index is 0.787. The van der Waals surface area contributed by atoms with Crippen LogP contribution in [0.2, 0.25) is 0 Å². The SMILES string of the molecule is COc1ccc2cc(CBr)ncc2c1. The predicted octanol–water partition coefficient (Wildman–Crippen LogP) is 3.14. The Morgan fingerprint density at radius 3 is 2.86 bits per heavy atom. The van der Waals surface area contributed by atoms with Crippen LogP contribution in [0.25, 0.3) is 10.8 Å². The standard InChI is InChI=1S/C11H10BrNO/c1-14-11-3-2-8-4-10(6-12)13-7-9(8)5-11/h2-5,7H,6H2,1H3. The van der Waals surface area contributed by atoms with Crippen LogP contribution in [0, 0.1) is 0 Å². The Kier molecular flexibility index (Phi) is 2.68. The van der Waals surface area contributed by atoms with Crippen molar-refractivity contribution in [3.05, 3.63) is 36.2 Å². The Morgan fingerprint density at radius 2 is 2.14 bits per heavy atom. The number of nitrogens with zero attached hydrogens (tertiary/aromatic N) is 1. The lowest BCUT2D eigenvalue weighted by atomic mass is 10.1. The van der Waals surface area contributed by atoms with Crippen molar-refractivity contribution in [1.82, 2.24) is 4.98 Å². The van der Waals surface area contributed by atoms with E-state index in [2.05, 4.69) is 27.0 Å². The number of halogens is 1. The molecule has 1 aromatic heterocycles. The second-order valence-corrected chi connectivity index (χ2v) is 3.58. The molecule has 0 aliphatic rings. The van der Waals surface area contributed by atoms with Crippen LogP contribution in [0.3, 0.4) is 0 Å². The summed E-state index contributed by atoms with van der Waals surface area (Å²) in [7, 11) is 1.67. The second-order valence-electron chi connectivity index (χ2n) is 3.02. The van der Waals surface area contributed by atoms with Crippen LogP contribution in [-0.2, 0) is 5.33 Å². The van der Waals surface area contributed by atoms with Crippen LogP contribution in [0.1, 0.15) is 5.69 Å². The Balaban J connectivity index is 2.57. The second kappa shape index (κ2) is 3.96. The van der Waals surface area contributed by atoms with Crippen molar-refractivity contribution in [3.8, 4) is 5.75 Å². The van der Waals surface area contributed by atoms with Crippen LogP contribution < -0.4 is 4.74 Å². The first-order valence-electron chi connectivity index (χ1n) is 4.32. The lowest BCUT2D eigenvalue weighted by Gasteiger charge is -2.03. The van der Waals surface area contributed by atoms with E-state index >= 15 is 0 Å². The number of pyridine rings is 1. The summed E-state index contributed by atoms with van der Waals surface area (Å²) in [6.45, 7) is 0. The third-order valence-corrected chi connectivity index (χ3v) is 2.70. The summed E-state index contributed by atoms with van der Waals surface area (Å²) in [5, 5.41) is 3.08. The first-order chi connectivity index (χ1) is 6.83. The lowest BCUT2D eigenvalue weighted by molar-refractivity contribution is 0.415. The van der Waals surface area contributed by atoms with Crippen molar-refractivity contribution in [3.63, 3.8) is 0 Å². The van der Waals surface area contributed by atoms with Crippen molar-refractivity contribution >= 4 is 26.7 Å². The van der Waals surface area contributed by atoms with E-state index in [9.17, 15) is 0 Å². The van der Waals surface area contributed by atoms with E-state index in [0.29, 0.717) is 0 Å². The molecule has 2 aromatic rings. The molecule has 0 saturated carbocycles. The summed E-state index contributed by atoms with van der Waals surface area (Å²) in [5.74, 6) is 0.867. The molecule has 0 aliphatic heterocycles. The maximum atomic E-state index is 5.14. The number of methoxy groups -OCH3 is 1. The Labute approximate surface area is 91.0 Å². The van der Waals surface area contributed by atoms with Gasteiger partial charge in [0, 0.05) is 16.9 Å². The van der Waals surface area contributed by atoms with Crippen molar-refractivity contribution < 1.29 is 4.74 Å². The fraction of sp³-hybridized carbons (Fsp3) is 0.182. The van der Waals surface area contributed by atoms with Crippen molar-refractivity contribution in [2.45, 2.75) is 5.33 Å². The maximum absolute atomic E-state index is 5.14. The van der Waals surface area contributed by atoms with Gasteiger partial charge in [0.15, 0.2) is 0 Å². The van der Waals surface area contributed by atoms with Gasteiger partial charge >= 0.3 is 0 Å². The number of hydrogen-bond donors (Lipinski definition) is 0. The summed E-state index contributed by atoms with van der Waals surface area (Å²) in [4.78, 5) is 4.30. The molecule has 0 N–H and O–H groups in total. The van der Waals surface area contributed by atoms with Crippen LogP contribution in [0.4, 0.5) is 0 Å². The molecule has 1 heterocycles. The number of alkyl halides is 1. The number of fused-ring (bicyclic) bond motifs is 1. The Morgan fingerprint density at radius 1 is 1.29 bits per heavy atom. The molecule has 0 unspecified atom stereocenters. The van der Waals surface area contributed by atoms with Gasteiger partial charge in [-0.2, -0.15) is 0 Å². The van der Waals surface area contributed by atoms with E-state index < -0.39 is 0 Å². The first kappa shape index (κ1) is 9.46. The molecule has 0 fully saturated rings. The number of hydrogen-bond acceptors (Lipinski definition) is 2. The van der Waals surface area contributed by atoms with Gasteiger partial charge in [-0.1, -0.05) is 22.0 Å². The van der Waals surface area contributed by atoms with Gasteiger partial charge in [-0.05, 0) is 23.6 Å². The van der Waals surface area contributed by atoms with Gasteiger partial charge in [-0.25, -0.2) is 0 Å². The van der Waals surface area contributed by atoms with E-state index in [-0.39, 0.29) is 0 Å². The number of ether oxygens (including phenoxy) is 1. The molecule has 14 heavy (non-hydrogen) atoms. The van der Waals surface area contributed by atoms with Gasteiger partial charge in [0.2, 0.25) is 0 Å². The molecule has 2 nitrogen and oxygen atoms in total. The number of aromatic nitrogens is 1. The minimum absolute atomic E-state index is 0.787. The average Bonchev–Trinajstić information content (AvgIpc) is 2.27. The third kappa shape index (κ3) is 1.73. The Bertz CT molecular complexity index is 413. The van der Waals surface area contributed by atoms with Crippen LogP contribution >= 0.6 is 15.9 Å². The molecule has 0 amide bonds. The quantitative estimate of drug-likeness (QED) is 0.766. The summed E-state index contributed by atoms with van der Waals surface area (Å²) >= 11 is 3.38. The molecule has 0 saturated heterocycles. The monoisotopic (exact) mass is 251 g/mol. The van der Waals surface area contributed by atoms with Crippen LogP contribution in [0.5, 0.6) is 5.75 Å². The molecule has 2 rings (SSSR count). The van der Waals surface area contributed by atoms with E-state index in [4.69, 9.17) is 4.74 Å². The van der Waals surface area contributed by atoms with Gasteiger partial charge in [0.25, 0.3) is 0 Å². The van der Waals surface area contributed by atoms with Gasteiger partial charge in [-0.15, -0.1) is 0 Å². The summed E-state index contributed by atoms with van der Waals surface area (Å²) in [6.07, 6.45) is 1.87. The zero-order valence-corrected chi connectivity index (χ0v) is 9.41. The third-order valence-electron chi connectivity index (χ3n) is 2.12. The van der Waals surface area contributed by atoms with Gasteiger partial charge in [0.05, 0.1) is 12.8 Å². The maximum Gasteiger partial charge on any atom is 0.119 e. The molecule has 0 aliphatic carbocycles. The van der Waals surface area contributed by atoms with Crippen molar-refractivity contribution in [1.29, 1.82) is 0 Å². The first-order valence-corrected chi connectivity index (χ1v) is 5.44. The summed E-state index contributed by atoms with van der Waals surface area (Å²) in [5.41, 5.74) is 1.04. The van der Waals surface area contributed by atoms with Crippen molar-refractivity contribution in [2.24, 2.45) is 0 Å². The summed E-state index contributed by atoms with van der Waals surface area (Å²) in [6, 6.07) is 8.06. The molecule has 3 heteroatoms. The minimum Gasteiger partial charge on any atom is -0.497 e. The van der Waals surface area contributed by atoms with Gasteiger partial charge < -0.3 is 4.74 Å². The smallest absolute Gasteiger partial charge is 0.119 e. The molecular weight excluding hydrogens is 242 g/mol. The van der Waals surface area contributed by atoms with E-state index in [1.807, 2.05) is 24.4 Å². The van der Waals surface area contributed by atoms with Crippen LogP contribution in [-0.4, -0.2) is 12.1 Å². The summed E-state index contributed by atoms with van der Waals surface area (Å²) < 4.78 is 5.14. The topological polar surface area (TPSA) is 22.1 Å². The normalized spacial score (nSPS) is 10.4.